The lowest BCUT2D eigenvalue weighted by Gasteiger charge is -2.34. The molecule has 1 saturated heterocycles. The van der Waals surface area contributed by atoms with E-state index in [-0.39, 0.29) is 18.7 Å². The summed E-state index contributed by atoms with van der Waals surface area (Å²) in [6, 6.07) is -0.0289. The Morgan fingerprint density at radius 3 is 2.83 bits per heavy atom. The zero-order valence-electron chi connectivity index (χ0n) is 14.2. The number of rotatable bonds is 6. The average Bonchev–Trinajstić information content (AvgIpc) is 2.89. The number of carboxylic acids is 1. The second-order valence-corrected chi connectivity index (χ2v) is 7.00. The molecule has 2 rings (SSSR count). The zero-order chi connectivity index (χ0) is 16.8. The third-order valence-electron chi connectivity index (χ3n) is 4.69. The molecular weight excluding hydrogens is 298 g/mol. The first-order valence-electron chi connectivity index (χ1n) is 8.48. The zero-order valence-corrected chi connectivity index (χ0v) is 14.2. The number of aliphatic carboxylic acids is 1. The number of carbonyl (C=O) groups is 2. The monoisotopic (exact) mass is 327 g/mol. The Kier molecular flexibility index (Phi) is 6.65. The second-order valence-electron chi connectivity index (χ2n) is 7.00. The van der Waals surface area contributed by atoms with Crippen molar-refractivity contribution in [3.8, 4) is 0 Å². The molecule has 2 aliphatic rings. The highest BCUT2D eigenvalue weighted by molar-refractivity contribution is 5.74. The quantitative estimate of drug-likeness (QED) is 0.756. The van der Waals surface area contributed by atoms with Gasteiger partial charge in [0.2, 0.25) is 0 Å². The molecule has 132 valence electrons. The van der Waals surface area contributed by atoms with Crippen LogP contribution in [0.5, 0.6) is 0 Å². The molecule has 3 atom stereocenters. The molecule has 2 amide bonds. The van der Waals surface area contributed by atoms with Crippen LogP contribution in [0, 0.1) is 11.8 Å². The van der Waals surface area contributed by atoms with Crippen molar-refractivity contribution in [1.29, 1.82) is 0 Å². The van der Waals surface area contributed by atoms with E-state index in [9.17, 15) is 9.59 Å². The van der Waals surface area contributed by atoms with E-state index in [1.54, 1.807) is 16.8 Å². The average molecular weight is 327 g/mol. The highest BCUT2D eigenvalue weighted by Crippen LogP contribution is 2.29. The Morgan fingerprint density at radius 2 is 2.17 bits per heavy atom. The number of hydrogen-bond acceptors (Lipinski definition) is 4. The Hall–Kier alpha value is -1.34. The minimum Gasteiger partial charge on any atom is -0.480 e. The van der Waals surface area contributed by atoms with Gasteiger partial charge in [-0.1, -0.05) is 13.3 Å². The summed E-state index contributed by atoms with van der Waals surface area (Å²) >= 11 is 0. The van der Waals surface area contributed by atoms with E-state index in [4.69, 9.17) is 9.84 Å². The number of nitrogens with one attached hydrogen (secondary N) is 1. The van der Waals surface area contributed by atoms with Crippen molar-refractivity contribution in [2.45, 2.75) is 32.3 Å². The summed E-state index contributed by atoms with van der Waals surface area (Å²) < 4.78 is 5.65. The minimum absolute atomic E-state index is 0.0219. The molecule has 3 unspecified atom stereocenters. The maximum absolute atomic E-state index is 12.3. The lowest BCUT2D eigenvalue weighted by molar-refractivity contribution is -0.138. The SMILES string of the molecule is CC1CCC(CNC(=O)N2CCOC(CN(C)CC(=O)O)C2)C1. The van der Waals surface area contributed by atoms with Crippen LogP contribution in [0.4, 0.5) is 4.79 Å². The maximum Gasteiger partial charge on any atom is 0.317 e. The number of likely N-dealkylation sites (N-methyl/N-ethyl adjacent to an activating group) is 1. The number of carboxylic acid groups (broad SMARTS) is 1. The van der Waals surface area contributed by atoms with Crippen LogP contribution in [0.1, 0.15) is 26.2 Å². The van der Waals surface area contributed by atoms with Crippen LogP contribution >= 0.6 is 0 Å². The van der Waals surface area contributed by atoms with Crippen molar-refractivity contribution in [2.75, 3.05) is 46.4 Å². The van der Waals surface area contributed by atoms with E-state index in [1.165, 1.54) is 19.3 Å². The van der Waals surface area contributed by atoms with Crippen molar-refractivity contribution in [3.63, 3.8) is 0 Å². The Morgan fingerprint density at radius 1 is 1.39 bits per heavy atom. The van der Waals surface area contributed by atoms with Crippen LogP contribution in [0.2, 0.25) is 0 Å². The van der Waals surface area contributed by atoms with Crippen LogP contribution in [-0.2, 0) is 9.53 Å². The fourth-order valence-electron chi connectivity index (χ4n) is 3.51. The van der Waals surface area contributed by atoms with Gasteiger partial charge in [0.15, 0.2) is 0 Å². The molecule has 23 heavy (non-hydrogen) atoms. The molecule has 2 fully saturated rings. The summed E-state index contributed by atoms with van der Waals surface area (Å²) in [7, 11) is 1.75. The molecule has 1 aliphatic heterocycles. The number of nitrogens with zero attached hydrogens (tertiary/aromatic N) is 2. The Balaban J connectivity index is 1.71. The van der Waals surface area contributed by atoms with Crippen molar-refractivity contribution in [1.82, 2.24) is 15.1 Å². The first kappa shape index (κ1) is 18.0. The predicted octanol–water partition coefficient (Wildman–Crippen LogP) is 0.849. The standard InChI is InChI=1S/C16H29N3O4/c1-12-3-4-13(7-12)8-17-16(22)19-5-6-23-14(10-19)9-18(2)11-15(20)21/h12-14H,3-11H2,1-2H3,(H,17,22)(H,20,21). The van der Waals surface area contributed by atoms with Crippen molar-refractivity contribution in [3.05, 3.63) is 0 Å². The molecule has 0 spiro atoms. The van der Waals surface area contributed by atoms with E-state index in [1.807, 2.05) is 0 Å². The number of hydrogen-bond donors (Lipinski definition) is 2. The molecule has 0 aromatic carbocycles. The van der Waals surface area contributed by atoms with Gasteiger partial charge in [0.05, 0.1) is 19.3 Å². The fraction of sp³-hybridized carbons (Fsp3) is 0.875. The summed E-state index contributed by atoms with van der Waals surface area (Å²) in [5.41, 5.74) is 0. The summed E-state index contributed by atoms with van der Waals surface area (Å²) in [5.74, 6) is 0.519. The van der Waals surface area contributed by atoms with Gasteiger partial charge in [0.25, 0.3) is 0 Å². The van der Waals surface area contributed by atoms with Gasteiger partial charge in [-0.3, -0.25) is 9.69 Å². The van der Waals surface area contributed by atoms with Gasteiger partial charge in [-0.15, -0.1) is 0 Å². The highest BCUT2D eigenvalue weighted by atomic mass is 16.5. The van der Waals surface area contributed by atoms with E-state index >= 15 is 0 Å². The fourth-order valence-corrected chi connectivity index (χ4v) is 3.51. The molecule has 1 heterocycles. The van der Waals surface area contributed by atoms with Crippen LogP contribution < -0.4 is 5.32 Å². The normalized spacial score (nSPS) is 28.1. The van der Waals surface area contributed by atoms with E-state index in [2.05, 4.69) is 12.2 Å². The lowest BCUT2D eigenvalue weighted by atomic mass is 10.1. The van der Waals surface area contributed by atoms with E-state index in [0.29, 0.717) is 32.2 Å². The number of morpholine rings is 1. The minimum atomic E-state index is -0.858. The number of ether oxygens (including phenoxy) is 1. The molecule has 7 heteroatoms. The number of amides is 2. The van der Waals surface area contributed by atoms with Crippen LogP contribution in [-0.4, -0.2) is 79.4 Å². The van der Waals surface area contributed by atoms with Gasteiger partial charge in [-0.25, -0.2) is 4.79 Å². The lowest BCUT2D eigenvalue weighted by Crippen LogP contribution is -2.52. The molecule has 1 saturated carbocycles. The molecule has 0 aromatic heterocycles. The van der Waals surface area contributed by atoms with Gasteiger partial charge in [0, 0.05) is 26.2 Å². The van der Waals surface area contributed by atoms with Crippen molar-refractivity contribution < 1.29 is 19.4 Å². The molecule has 1 aliphatic carbocycles. The summed E-state index contributed by atoms with van der Waals surface area (Å²) in [6.45, 7) is 5.11. The van der Waals surface area contributed by atoms with Crippen LogP contribution in [0.3, 0.4) is 0 Å². The van der Waals surface area contributed by atoms with Gasteiger partial charge in [-0.2, -0.15) is 0 Å². The maximum atomic E-state index is 12.3. The summed E-state index contributed by atoms with van der Waals surface area (Å²) in [4.78, 5) is 26.5. The molecule has 2 N–H and O–H groups in total. The van der Waals surface area contributed by atoms with Gasteiger partial charge >= 0.3 is 12.0 Å². The summed E-state index contributed by atoms with van der Waals surface area (Å²) in [6.07, 6.45) is 3.53. The molecule has 7 nitrogen and oxygen atoms in total. The molecule has 0 radical (unpaired) electrons. The van der Waals surface area contributed by atoms with Gasteiger partial charge in [0.1, 0.15) is 0 Å². The first-order chi connectivity index (χ1) is 10.9. The Bertz CT molecular complexity index is 418. The topological polar surface area (TPSA) is 82.1 Å². The highest BCUT2D eigenvalue weighted by Gasteiger charge is 2.27. The molecule has 0 bridgehead atoms. The smallest absolute Gasteiger partial charge is 0.317 e. The first-order valence-corrected chi connectivity index (χ1v) is 8.48. The molecular formula is C16H29N3O4. The van der Waals surface area contributed by atoms with Gasteiger partial charge < -0.3 is 20.1 Å². The van der Waals surface area contributed by atoms with E-state index in [0.717, 1.165) is 12.5 Å². The van der Waals surface area contributed by atoms with Crippen molar-refractivity contribution >= 4 is 12.0 Å². The largest absolute Gasteiger partial charge is 0.480 e. The molecule has 0 aromatic rings. The van der Waals surface area contributed by atoms with Crippen LogP contribution in [0.25, 0.3) is 0 Å². The summed E-state index contributed by atoms with van der Waals surface area (Å²) in [5, 5.41) is 11.8. The second kappa shape index (κ2) is 8.49. The van der Waals surface area contributed by atoms with Crippen LogP contribution in [0.15, 0.2) is 0 Å². The third-order valence-corrected chi connectivity index (χ3v) is 4.69. The third kappa shape index (κ3) is 5.99. The van der Waals surface area contributed by atoms with Crippen molar-refractivity contribution in [2.24, 2.45) is 11.8 Å². The van der Waals surface area contributed by atoms with Gasteiger partial charge in [-0.05, 0) is 31.7 Å². The predicted molar refractivity (Wildman–Crippen MR) is 86.3 cm³/mol. The van der Waals surface area contributed by atoms with E-state index < -0.39 is 5.97 Å². The Labute approximate surface area is 138 Å². The number of urea groups is 1. The number of carbonyl (C=O) groups excluding carboxylic acids is 1.